The number of imidazole rings is 1. The molecule has 0 unspecified atom stereocenters. The van der Waals surface area contributed by atoms with Crippen molar-refractivity contribution in [3.63, 3.8) is 0 Å². The van der Waals surface area contributed by atoms with E-state index in [0.29, 0.717) is 19.5 Å². The van der Waals surface area contributed by atoms with Gasteiger partial charge in [0.15, 0.2) is 0 Å². The van der Waals surface area contributed by atoms with Gasteiger partial charge in [-0.2, -0.15) is 5.26 Å². The molecule has 6 heteroatoms. The highest BCUT2D eigenvalue weighted by atomic mass is 16.2. The monoisotopic (exact) mass is 351 g/mol. The molecule has 1 atom stereocenters. The number of carbonyl (C=O) groups excluding carboxylic acids is 1. The molecule has 1 amide bonds. The zero-order valence-electron chi connectivity index (χ0n) is 15.4. The second kappa shape index (κ2) is 8.15. The maximum Gasteiger partial charge on any atom is 0.243 e. The fraction of sp³-hybridized carbons (Fsp3) is 0.450. The summed E-state index contributed by atoms with van der Waals surface area (Å²) in [6.45, 7) is 6.06. The predicted molar refractivity (Wildman–Crippen MR) is 99.1 cm³/mol. The van der Waals surface area contributed by atoms with Gasteiger partial charge in [-0.05, 0) is 19.4 Å². The molecule has 1 aromatic carbocycles. The first kappa shape index (κ1) is 18.2. The van der Waals surface area contributed by atoms with Crippen LogP contribution in [0.1, 0.15) is 49.3 Å². The van der Waals surface area contributed by atoms with Crippen molar-refractivity contribution in [1.29, 1.82) is 5.26 Å². The van der Waals surface area contributed by atoms with Gasteiger partial charge in [0, 0.05) is 32.1 Å². The minimum absolute atomic E-state index is 0.0560. The van der Waals surface area contributed by atoms with Gasteiger partial charge in [0.25, 0.3) is 0 Å². The van der Waals surface area contributed by atoms with Crippen LogP contribution in [-0.4, -0.2) is 33.4 Å². The maximum absolute atomic E-state index is 13.0. The van der Waals surface area contributed by atoms with E-state index in [0.717, 1.165) is 24.4 Å². The molecule has 0 aliphatic carbocycles. The third-order valence-corrected chi connectivity index (χ3v) is 4.74. The molecule has 0 spiro atoms. The number of hydrogen-bond acceptors (Lipinski definition) is 4. The lowest BCUT2D eigenvalue weighted by molar-refractivity contribution is -0.127. The molecule has 0 radical (unpaired) electrons. The largest absolute Gasteiger partial charge is 0.353 e. The van der Waals surface area contributed by atoms with E-state index in [1.54, 1.807) is 0 Å². The average molecular weight is 351 g/mol. The lowest BCUT2D eigenvalue weighted by Gasteiger charge is -2.35. The second-order valence-electron chi connectivity index (χ2n) is 6.89. The average Bonchev–Trinajstić information content (AvgIpc) is 3.07. The van der Waals surface area contributed by atoms with Crippen LogP contribution in [0, 0.1) is 11.3 Å². The Morgan fingerprint density at radius 2 is 2.15 bits per heavy atom. The van der Waals surface area contributed by atoms with Gasteiger partial charge < -0.3 is 9.88 Å². The van der Waals surface area contributed by atoms with Crippen LogP contribution in [0.3, 0.4) is 0 Å². The van der Waals surface area contributed by atoms with Crippen molar-refractivity contribution in [2.75, 3.05) is 13.1 Å². The van der Waals surface area contributed by atoms with E-state index in [9.17, 15) is 4.79 Å². The van der Waals surface area contributed by atoms with Crippen molar-refractivity contribution in [3.05, 3.63) is 53.6 Å². The van der Waals surface area contributed by atoms with Gasteiger partial charge in [-0.3, -0.25) is 9.69 Å². The van der Waals surface area contributed by atoms with Gasteiger partial charge in [-0.1, -0.05) is 30.3 Å². The van der Waals surface area contributed by atoms with Gasteiger partial charge in [0.2, 0.25) is 5.91 Å². The Kier molecular flexibility index (Phi) is 5.69. The molecule has 1 N–H and O–H groups in total. The Bertz CT molecular complexity index is 790. The summed E-state index contributed by atoms with van der Waals surface area (Å²) in [7, 11) is 0. The highest BCUT2D eigenvalue weighted by Crippen LogP contribution is 2.32. The third-order valence-electron chi connectivity index (χ3n) is 4.74. The summed E-state index contributed by atoms with van der Waals surface area (Å²) < 4.78 is 2.10. The molecule has 1 aliphatic rings. The topological polar surface area (TPSA) is 74.0 Å². The second-order valence-corrected chi connectivity index (χ2v) is 6.89. The lowest BCUT2D eigenvalue weighted by atomic mass is 10.00. The normalized spacial score (nSPS) is 16.9. The van der Waals surface area contributed by atoms with Crippen LogP contribution in [0.5, 0.6) is 0 Å². The third kappa shape index (κ3) is 3.78. The number of hydrogen-bond donors (Lipinski definition) is 1. The van der Waals surface area contributed by atoms with Crippen molar-refractivity contribution in [3.8, 4) is 6.07 Å². The summed E-state index contributed by atoms with van der Waals surface area (Å²) in [4.78, 5) is 19.8. The van der Waals surface area contributed by atoms with Crippen molar-refractivity contribution in [2.45, 2.75) is 45.3 Å². The number of amides is 1. The molecule has 2 heterocycles. The van der Waals surface area contributed by atoms with Crippen molar-refractivity contribution in [2.24, 2.45) is 0 Å². The first-order chi connectivity index (χ1) is 12.6. The molecule has 0 fully saturated rings. The number of nitrogens with one attached hydrogen (secondary N) is 1. The molecule has 0 saturated heterocycles. The van der Waals surface area contributed by atoms with E-state index in [4.69, 9.17) is 5.26 Å². The standard InChI is InChI=1S/C20H25N5O/c1-15(2)25-14-23-17-9-12-24(13-16-7-4-3-5-8-16)19(18(17)25)20(26)22-11-6-10-21/h3-5,7-8,14-15,19H,6,9,11-13H2,1-2H3,(H,22,26)/t19-/m0/s1. The van der Waals surface area contributed by atoms with Crippen molar-refractivity contribution >= 4 is 5.91 Å². The molecular weight excluding hydrogens is 326 g/mol. The highest BCUT2D eigenvalue weighted by molar-refractivity contribution is 5.83. The summed E-state index contributed by atoms with van der Waals surface area (Å²) in [5, 5.41) is 11.7. The number of nitriles is 1. The minimum atomic E-state index is -0.387. The fourth-order valence-corrected chi connectivity index (χ4v) is 3.48. The molecule has 1 aromatic heterocycles. The minimum Gasteiger partial charge on any atom is -0.353 e. The van der Waals surface area contributed by atoms with Gasteiger partial charge >= 0.3 is 0 Å². The van der Waals surface area contributed by atoms with Gasteiger partial charge in [-0.15, -0.1) is 0 Å². The Hall–Kier alpha value is -2.65. The van der Waals surface area contributed by atoms with E-state index in [1.165, 1.54) is 5.56 Å². The number of fused-ring (bicyclic) bond motifs is 1. The zero-order chi connectivity index (χ0) is 18.5. The molecule has 6 nitrogen and oxygen atoms in total. The molecule has 1 aliphatic heterocycles. The summed E-state index contributed by atoms with van der Waals surface area (Å²) in [6, 6.07) is 12.1. The SMILES string of the molecule is CC(C)n1cnc2c1[C@@H](C(=O)NCCC#N)N(Cc1ccccc1)CC2. The molecule has 2 aromatic rings. The number of rotatable bonds is 6. The summed E-state index contributed by atoms with van der Waals surface area (Å²) >= 11 is 0. The van der Waals surface area contributed by atoms with Crippen LogP contribution in [0.25, 0.3) is 0 Å². The Morgan fingerprint density at radius 1 is 1.38 bits per heavy atom. The van der Waals surface area contributed by atoms with E-state index < -0.39 is 0 Å². The first-order valence-corrected chi connectivity index (χ1v) is 9.10. The number of aromatic nitrogens is 2. The fourth-order valence-electron chi connectivity index (χ4n) is 3.48. The Balaban J connectivity index is 1.92. The van der Waals surface area contributed by atoms with E-state index in [-0.39, 0.29) is 18.0 Å². The summed E-state index contributed by atoms with van der Waals surface area (Å²) in [5.41, 5.74) is 3.17. The predicted octanol–water partition coefficient (Wildman–Crippen LogP) is 2.59. The molecule has 136 valence electrons. The molecule has 0 saturated carbocycles. The first-order valence-electron chi connectivity index (χ1n) is 9.10. The number of nitrogens with zero attached hydrogens (tertiary/aromatic N) is 4. The molecule has 0 bridgehead atoms. The zero-order valence-corrected chi connectivity index (χ0v) is 15.4. The van der Waals surface area contributed by atoms with Gasteiger partial charge in [0.1, 0.15) is 6.04 Å². The van der Waals surface area contributed by atoms with Crippen LogP contribution < -0.4 is 5.32 Å². The lowest BCUT2D eigenvalue weighted by Crippen LogP contribution is -2.45. The maximum atomic E-state index is 13.0. The van der Waals surface area contributed by atoms with Crippen LogP contribution in [-0.2, 0) is 17.8 Å². The van der Waals surface area contributed by atoms with E-state index in [2.05, 4.69) is 51.8 Å². The van der Waals surface area contributed by atoms with Crippen molar-refractivity contribution < 1.29 is 4.79 Å². The molecule has 26 heavy (non-hydrogen) atoms. The summed E-state index contributed by atoms with van der Waals surface area (Å²) in [6.07, 6.45) is 2.99. The number of carbonyl (C=O) groups is 1. The van der Waals surface area contributed by atoms with Crippen LogP contribution >= 0.6 is 0 Å². The van der Waals surface area contributed by atoms with Gasteiger partial charge in [-0.25, -0.2) is 4.98 Å². The van der Waals surface area contributed by atoms with Gasteiger partial charge in [0.05, 0.1) is 30.2 Å². The smallest absolute Gasteiger partial charge is 0.243 e. The quantitative estimate of drug-likeness (QED) is 0.812. The van der Waals surface area contributed by atoms with Crippen LogP contribution in [0.15, 0.2) is 36.7 Å². The summed E-state index contributed by atoms with van der Waals surface area (Å²) in [5.74, 6) is -0.0560. The van der Waals surface area contributed by atoms with Crippen molar-refractivity contribution in [1.82, 2.24) is 19.8 Å². The van der Waals surface area contributed by atoms with Crippen LogP contribution in [0.2, 0.25) is 0 Å². The number of benzene rings is 1. The molecule has 3 rings (SSSR count). The highest BCUT2D eigenvalue weighted by Gasteiger charge is 2.36. The van der Waals surface area contributed by atoms with E-state index >= 15 is 0 Å². The van der Waals surface area contributed by atoms with Crippen LogP contribution in [0.4, 0.5) is 0 Å². The Morgan fingerprint density at radius 3 is 2.85 bits per heavy atom. The molecular formula is C20H25N5O. The Labute approximate surface area is 154 Å². The van der Waals surface area contributed by atoms with E-state index in [1.807, 2.05) is 24.5 Å².